The first-order chi connectivity index (χ1) is 16.8. The standard InChI is InChI=1S/C32H59NO3/c1-8-33(9-2)21-31(35)20-25-27-14-13-26(23(5)12-10-11-22(3)4)29(27,6)17-16-28(25)30(7)18-15-24(34)19-32(30,31)36/h22-28,34-36H,8-21H2,1-7H3/t23-,24+,25+,26-,27+,28+,29-,30-,31-,32-/m1/s1. The van der Waals surface area contributed by atoms with E-state index in [-0.39, 0.29) is 5.41 Å². The normalized spacial score (nSPS) is 47.5. The van der Waals surface area contributed by atoms with Crippen molar-refractivity contribution in [1.29, 1.82) is 0 Å². The molecule has 0 spiro atoms. The molecule has 4 aliphatic carbocycles. The molecule has 3 N–H and O–H groups in total. The molecule has 0 aromatic rings. The monoisotopic (exact) mass is 505 g/mol. The Morgan fingerprint density at radius 1 is 0.861 bits per heavy atom. The smallest absolute Gasteiger partial charge is 0.107 e. The van der Waals surface area contributed by atoms with E-state index >= 15 is 0 Å². The lowest BCUT2D eigenvalue weighted by Gasteiger charge is -2.69. The van der Waals surface area contributed by atoms with Crippen LogP contribution >= 0.6 is 0 Å². The van der Waals surface area contributed by atoms with Gasteiger partial charge in [-0.2, -0.15) is 0 Å². The Kier molecular flexibility index (Phi) is 8.36. The molecule has 4 nitrogen and oxygen atoms in total. The van der Waals surface area contributed by atoms with E-state index in [1.165, 1.54) is 44.9 Å². The van der Waals surface area contributed by atoms with Gasteiger partial charge in [0.2, 0.25) is 0 Å². The van der Waals surface area contributed by atoms with Gasteiger partial charge in [-0.05, 0) is 99.0 Å². The zero-order valence-electron chi connectivity index (χ0n) is 24.7. The Hall–Kier alpha value is -0.160. The Labute approximate surface area is 222 Å². The van der Waals surface area contributed by atoms with Crippen LogP contribution in [0.5, 0.6) is 0 Å². The quantitative estimate of drug-likeness (QED) is 0.346. The zero-order chi connectivity index (χ0) is 26.5. The van der Waals surface area contributed by atoms with Crippen LogP contribution in [0.2, 0.25) is 0 Å². The second-order valence-electron chi connectivity index (χ2n) is 14.8. The van der Waals surface area contributed by atoms with Crippen LogP contribution in [0.3, 0.4) is 0 Å². The van der Waals surface area contributed by atoms with Crippen LogP contribution in [0, 0.1) is 46.3 Å². The molecule has 0 aromatic carbocycles. The largest absolute Gasteiger partial charge is 0.393 e. The molecule has 0 radical (unpaired) electrons. The summed E-state index contributed by atoms with van der Waals surface area (Å²) in [5.74, 6) is 3.90. The number of nitrogens with zero attached hydrogens (tertiary/aromatic N) is 1. The lowest BCUT2D eigenvalue weighted by atomic mass is 9.39. The van der Waals surface area contributed by atoms with Crippen molar-refractivity contribution in [1.82, 2.24) is 4.90 Å². The number of aliphatic hydroxyl groups is 3. The third-order valence-corrected chi connectivity index (χ3v) is 12.7. The zero-order valence-corrected chi connectivity index (χ0v) is 24.7. The number of fused-ring (bicyclic) bond motifs is 5. The maximum Gasteiger partial charge on any atom is 0.107 e. The molecule has 210 valence electrons. The third kappa shape index (κ3) is 4.52. The summed E-state index contributed by atoms with van der Waals surface area (Å²) in [6, 6.07) is 0. The van der Waals surface area contributed by atoms with Gasteiger partial charge in [0.15, 0.2) is 0 Å². The van der Waals surface area contributed by atoms with Gasteiger partial charge >= 0.3 is 0 Å². The maximum absolute atomic E-state index is 12.5. The molecule has 0 saturated heterocycles. The van der Waals surface area contributed by atoms with Crippen molar-refractivity contribution in [3.63, 3.8) is 0 Å². The molecule has 4 rings (SSSR count). The topological polar surface area (TPSA) is 63.9 Å². The SMILES string of the molecule is CCN(CC)C[C@]1(O)C[C@H]2[C@@H]3CC[C@H]([C@H](C)CCCC(C)C)[C@@]3(C)CC[C@@H]2[C@@]2(C)CC[C@H](O)C[C@]12O. The molecular weight excluding hydrogens is 446 g/mol. The number of likely N-dealkylation sites (N-methyl/N-ethyl adjacent to an activating group) is 1. The van der Waals surface area contributed by atoms with Gasteiger partial charge in [-0.3, -0.25) is 0 Å². The van der Waals surface area contributed by atoms with Crippen LogP contribution in [-0.2, 0) is 0 Å². The van der Waals surface area contributed by atoms with E-state index in [4.69, 9.17) is 0 Å². The average Bonchev–Trinajstić information content (AvgIpc) is 3.17. The van der Waals surface area contributed by atoms with E-state index in [2.05, 4.69) is 53.4 Å². The van der Waals surface area contributed by atoms with E-state index in [0.717, 1.165) is 43.7 Å². The van der Waals surface area contributed by atoms with Gasteiger partial charge in [0, 0.05) is 18.4 Å². The molecule has 0 amide bonds. The fraction of sp³-hybridized carbons (Fsp3) is 1.00. The minimum absolute atomic E-state index is 0.321. The van der Waals surface area contributed by atoms with Crippen molar-refractivity contribution in [3.05, 3.63) is 0 Å². The maximum atomic E-state index is 12.5. The molecular formula is C32H59NO3. The van der Waals surface area contributed by atoms with Crippen LogP contribution in [0.15, 0.2) is 0 Å². The molecule has 4 saturated carbocycles. The van der Waals surface area contributed by atoms with E-state index in [1.54, 1.807) is 0 Å². The number of aliphatic hydroxyl groups excluding tert-OH is 1. The predicted octanol–water partition coefficient (Wildman–Crippen LogP) is 6.27. The molecule has 0 aliphatic heterocycles. The molecule has 4 heteroatoms. The summed E-state index contributed by atoms with van der Waals surface area (Å²) < 4.78 is 0. The van der Waals surface area contributed by atoms with Gasteiger partial charge in [0.25, 0.3) is 0 Å². The first kappa shape index (κ1) is 28.8. The second kappa shape index (κ2) is 10.4. The van der Waals surface area contributed by atoms with Crippen molar-refractivity contribution in [2.24, 2.45) is 46.3 Å². The third-order valence-electron chi connectivity index (χ3n) is 12.7. The average molecular weight is 506 g/mol. The van der Waals surface area contributed by atoms with Crippen LogP contribution in [0.25, 0.3) is 0 Å². The minimum atomic E-state index is -1.22. The minimum Gasteiger partial charge on any atom is -0.393 e. The molecule has 0 aromatic heterocycles. The predicted molar refractivity (Wildman–Crippen MR) is 149 cm³/mol. The molecule has 0 bridgehead atoms. The van der Waals surface area contributed by atoms with Crippen LogP contribution < -0.4 is 0 Å². The first-order valence-corrected chi connectivity index (χ1v) is 15.7. The summed E-state index contributed by atoms with van der Waals surface area (Å²) in [5.41, 5.74) is -2.37. The molecule has 4 fully saturated rings. The number of rotatable bonds is 9. The Morgan fingerprint density at radius 3 is 2.19 bits per heavy atom. The van der Waals surface area contributed by atoms with Gasteiger partial charge in [-0.25, -0.2) is 0 Å². The molecule has 4 aliphatic rings. The van der Waals surface area contributed by atoms with Gasteiger partial charge in [-0.15, -0.1) is 0 Å². The number of hydrogen-bond acceptors (Lipinski definition) is 4. The first-order valence-electron chi connectivity index (χ1n) is 15.7. The molecule has 0 heterocycles. The lowest BCUT2D eigenvalue weighted by Crippen LogP contribution is -2.76. The highest BCUT2D eigenvalue weighted by Crippen LogP contribution is 2.71. The van der Waals surface area contributed by atoms with Crippen LogP contribution in [0.4, 0.5) is 0 Å². The van der Waals surface area contributed by atoms with Crippen LogP contribution in [-0.4, -0.2) is 57.2 Å². The molecule has 36 heavy (non-hydrogen) atoms. The molecule has 10 atom stereocenters. The van der Waals surface area contributed by atoms with Crippen molar-refractivity contribution in [2.75, 3.05) is 19.6 Å². The van der Waals surface area contributed by atoms with Gasteiger partial charge in [0.1, 0.15) is 11.2 Å². The van der Waals surface area contributed by atoms with E-state index in [0.29, 0.717) is 42.6 Å². The summed E-state index contributed by atoms with van der Waals surface area (Å²) in [7, 11) is 0. The van der Waals surface area contributed by atoms with Gasteiger partial charge < -0.3 is 20.2 Å². The number of hydrogen-bond donors (Lipinski definition) is 3. The van der Waals surface area contributed by atoms with E-state index in [9.17, 15) is 15.3 Å². The highest BCUT2D eigenvalue weighted by Gasteiger charge is 2.72. The van der Waals surface area contributed by atoms with Gasteiger partial charge in [0.05, 0.1) is 6.10 Å². The highest BCUT2D eigenvalue weighted by molar-refractivity contribution is 5.22. The van der Waals surface area contributed by atoms with Crippen molar-refractivity contribution in [3.8, 4) is 0 Å². The summed E-state index contributed by atoms with van der Waals surface area (Å²) in [6.45, 7) is 18.6. The van der Waals surface area contributed by atoms with Crippen molar-refractivity contribution < 1.29 is 15.3 Å². The summed E-state index contributed by atoms with van der Waals surface area (Å²) in [4.78, 5) is 2.29. The fourth-order valence-electron chi connectivity index (χ4n) is 10.5. The van der Waals surface area contributed by atoms with E-state index < -0.39 is 17.3 Å². The van der Waals surface area contributed by atoms with Crippen molar-refractivity contribution in [2.45, 2.75) is 136 Å². The summed E-state index contributed by atoms with van der Waals surface area (Å²) >= 11 is 0. The van der Waals surface area contributed by atoms with Crippen molar-refractivity contribution >= 4 is 0 Å². The van der Waals surface area contributed by atoms with Gasteiger partial charge in [-0.1, -0.05) is 67.7 Å². The lowest BCUT2D eigenvalue weighted by molar-refractivity contribution is -0.309. The fourth-order valence-corrected chi connectivity index (χ4v) is 10.5. The molecule has 0 unspecified atom stereocenters. The Morgan fingerprint density at radius 2 is 1.56 bits per heavy atom. The summed E-state index contributed by atoms with van der Waals surface area (Å²) in [6.07, 6.45) is 11.2. The second-order valence-corrected chi connectivity index (χ2v) is 14.8. The highest BCUT2D eigenvalue weighted by atomic mass is 16.4. The Balaban J connectivity index is 1.64. The van der Waals surface area contributed by atoms with Crippen LogP contribution in [0.1, 0.15) is 119 Å². The Bertz CT molecular complexity index is 754. The summed E-state index contributed by atoms with van der Waals surface area (Å²) in [5, 5.41) is 35.7. The van der Waals surface area contributed by atoms with E-state index in [1.807, 2.05) is 0 Å².